The Labute approximate surface area is 208 Å². The fraction of sp³-hybridized carbons (Fsp3) is 0.296. The van der Waals surface area contributed by atoms with Gasteiger partial charge in [0.25, 0.3) is 5.91 Å². The van der Waals surface area contributed by atoms with Crippen molar-refractivity contribution in [3.8, 4) is 0 Å². The average molecular weight is 490 g/mol. The monoisotopic (exact) mass is 489 g/mol. The molecule has 3 aromatic rings. The summed E-state index contributed by atoms with van der Waals surface area (Å²) in [4.78, 5) is 43.0. The summed E-state index contributed by atoms with van der Waals surface area (Å²) < 4.78 is 5.79. The van der Waals surface area contributed by atoms with Crippen molar-refractivity contribution >= 4 is 34.9 Å². The van der Waals surface area contributed by atoms with Crippen molar-refractivity contribution in [1.29, 1.82) is 0 Å². The van der Waals surface area contributed by atoms with Gasteiger partial charge in [0.05, 0.1) is 11.4 Å². The molecule has 5 rings (SSSR count). The third-order valence-corrected chi connectivity index (χ3v) is 7.31. The van der Waals surface area contributed by atoms with E-state index in [4.69, 9.17) is 4.74 Å². The number of cyclic esters (lactones) is 1. The van der Waals surface area contributed by atoms with Crippen LogP contribution in [0.5, 0.6) is 0 Å². The molecular weight excluding hydrogens is 462 g/mol. The van der Waals surface area contributed by atoms with E-state index in [1.165, 1.54) is 11.3 Å². The highest BCUT2D eigenvalue weighted by Crippen LogP contribution is 2.36. The van der Waals surface area contributed by atoms with Gasteiger partial charge >= 0.3 is 6.09 Å². The van der Waals surface area contributed by atoms with E-state index in [1.54, 1.807) is 23.1 Å². The fourth-order valence-corrected chi connectivity index (χ4v) is 5.25. The number of nitrogens with zero attached hydrogens (tertiary/aromatic N) is 2. The maximum absolute atomic E-state index is 13.7. The minimum atomic E-state index is -0.743. The molecule has 8 heteroatoms. The summed E-state index contributed by atoms with van der Waals surface area (Å²) in [5, 5.41) is 4.73. The van der Waals surface area contributed by atoms with Crippen LogP contribution in [-0.2, 0) is 16.1 Å². The van der Waals surface area contributed by atoms with E-state index in [9.17, 15) is 14.4 Å². The van der Waals surface area contributed by atoms with Crippen LogP contribution < -0.4 is 5.32 Å². The summed E-state index contributed by atoms with van der Waals surface area (Å²) in [7, 11) is 0. The van der Waals surface area contributed by atoms with Gasteiger partial charge in [-0.25, -0.2) is 4.79 Å². The highest BCUT2D eigenvalue weighted by molar-refractivity contribution is 7.12. The fourth-order valence-electron chi connectivity index (χ4n) is 4.63. The average Bonchev–Trinajstić information content (AvgIpc) is 3.54. The zero-order valence-electron chi connectivity index (χ0n) is 19.3. The maximum atomic E-state index is 13.7. The third kappa shape index (κ3) is 5.07. The van der Waals surface area contributed by atoms with Crippen molar-refractivity contribution in [2.75, 3.05) is 18.4 Å². The van der Waals surface area contributed by atoms with Gasteiger partial charge in [0.2, 0.25) is 5.91 Å². The van der Waals surface area contributed by atoms with Crippen LogP contribution in [0.15, 0.2) is 72.1 Å². The van der Waals surface area contributed by atoms with Crippen molar-refractivity contribution < 1.29 is 19.1 Å². The lowest BCUT2D eigenvalue weighted by atomic mass is 9.99. The molecule has 35 heavy (non-hydrogen) atoms. The Balaban J connectivity index is 1.39. The Morgan fingerprint density at radius 1 is 0.943 bits per heavy atom. The molecule has 7 nitrogen and oxygen atoms in total. The van der Waals surface area contributed by atoms with Gasteiger partial charge < -0.3 is 15.0 Å². The lowest BCUT2D eigenvalue weighted by Gasteiger charge is -2.33. The van der Waals surface area contributed by atoms with Crippen molar-refractivity contribution in [3.63, 3.8) is 0 Å². The summed E-state index contributed by atoms with van der Waals surface area (Å²) in [5.41, 5.74) is 2.29. The molecule has 1 aromatic heterocycles. The Bertz CT molecular complexity index is 1170. The van der Waals surface area contributed by atoms with Gasteiger partial charge in [-0.05, 0) is 54.0 Å². The Morgan fingerprint density at radius 2 is 1.69 bits per heavy atom. The second-order valence-corrected chi connectivity index (χ2v) is 9.75. The molecule has 2 fully saturated rings. The Hall–Kier alpha value is -3.65. The summed E-state index contributed by atoms with van der Waals surface area (Å²) in [6, 6.07) is 19.7. The van der Waals surface area contributed by atoms with Crippen LogP contribution in [0.1, 0.15) is 46.2 Å². The van der Waals surface area contributed by atoms with Crippen LogP contribution in [0, 0.1) is 0 Å². The number of ether oxygens (including phenoxy) is 1. The number of carbonyl (C=O) groups excluding carboxylic acids is 3. The molecule has 180 valence electrons. The zero-order valence-corrected chi connectivity index (χ0v) is 20.1. The largest absolute Gasteiger partial charge is 0.438 e. The number of hydrogen-bond donors (Lipinski definition) is 1. The summed E-state index contributed by atoms with van der Waals surface area (Å²) in [5.74, 6) is -0.251. The van der Waals surface area contributed by atoms with Gasteiger partial charge in [0, 0.05) is 18.8 Å². The van der Waals surface area contributed by atoms with Gasteiger partial charge in [-0.15, -0.1) is 11.3 Å². The second kappa shape index (κ2) is 10.3. The van der Waals surface area contributed by atoms with E-state index in [2.05, 4.69) is 5.32 Å². The lowest BCUT2D eigenvalue weighted by molar-refractivity contribution is -0.137. The molecule has 0 unspecified atom stereocenters. The molecule has 2 aliphatic heterocycles. The normalized spacial score (nSPS) is 19.9. The molecule has 0 spiro atoms. The zero-order chi connectivity index (χ0) is 24.2. The number of likely N-dealkylation sites (tertiary alicyclic amines) is 1. The Morgan fingerprint density at radius 3 is 2.37 bits per heavy atom. The molecule has 0 bridgehead atoms. The minimum Gasteiger partial charge on any atom is -0.438 e. The number of amides is 3. The molecule has 0 aliphatic carbocycles. The first kappa shape index (κ1) is 23.1. The van der Waals surface area contributed by atoms with Gasteiger partial charge in [-0.1, -0.05) is 48.5 Å². The van der Waals surface area contributed by atoms with Crippen LogP contribution >= 0.6 is 11.3 Å². The number of piperidine rings is 1. The van der Waals surface area contributed by atoms with Crippen LogP contribution in [0.3, 0.4) is 0 Å². The second-order valence-electron chi connectivity index (χ2n) is 8.80. The number of nitrogens with one attached hydrogen (secondary N) is 1. The third-order valence-electron chi connectivity index (χ3n) is 6.44. The molecule has 2 saturated heterocycles. The lowest BCUT2D eigenvalue weighted by Crippen LogP contribution is -2.49. The molecule has 3 heterocycles. The number of thiophene rings is 1. The number of anilines is 1. The van der Waals surface area contributed by atoms with Crippen LogP contribution in [0.4, 0.5) is 10.5 Å². The first-order valence-electron chi connectivity index (χ1n) is 11.8. The Kier molecular flexibility index (Phi) is 6.81. The van der Waals surface area contributed by atoms with Crippen molar-refractivity contribution in [1.82, 2.24) is 9.80 Å². The van der Waals surface area contributed by atoms with E-state index in [-0.39, 0.29) is 11.8 Å². The van der Waals surface area contributed by atoms with E-state index in [0.717, 1.165) is 30.4 Å². The number of rotatable bonds is 6. The molecule has 1 N–H and O–H groups in total. The highest BCUT2D eigenvalue weighted by Gasteiger charge is 2.48. The van der Waals surface area contributed by atoms with Crippen LogP contribution in [0.2, 0.25) is 0 Å². The molecule has 2 atom stereocenters. The van der Waals surface area contributed by atoms with Gasteiger partial charge in [-0.3, -0.25) is 14.5 Å². The van der Waals surface area contributed by atoms with E-state index in [1.807, 2.05) is 58.8 Å². The SMILES string of the molecule is O=C(Nc1ccc([C@H]2OC(=O)N(Cc3ccccc3)[C@H]2C(=O)N2CCCCC2)cc1)c1cccs1. The van der Waals surface area contributed by atoms with Crippen molar-refractivity contribution in [2.24, 2.45) is 0 Å². The van der Waals surface area contributed by atoms with E-state index < -0.39 is 18.2 Å². The summed E-state index contributed by atoms with van der Waals surface area (Å²) in [6.07, 6.45) is 1.83. The number of hydrogen-bond acceptors (Lipinski definition) is 5. The smallest absolute Gasteiger partial charge is 0.411 e. The van der Waals surface area contributed by atoms with Gasteiger partial charge in [0.15, 0.2) is 12.1 Å². The molecule has 0 saturated carbocycles. The molecule has 2 aromatic carbocycles. The van der Waals surface area contributed by atoms with Crippen LogP contribution in [0.25, 0.3) is 0 Å². The van der Waals surface area contributed by atoms with Crippen molar-refractivity contribution in [2.45, 2.75) is 38.0 Å². The number of benzene rings is 2. The highest BCUT2D eigenvalue weighted by atomic mass is 32.1. The number of carbonyl (C=O) groups is 3. The minimum absolute atomic E-state index is 0.0773. The summed E-state index contributed by atoms with van der Waals surface area (Å²) >= 11 is 1.37. The standard InChI is InChI=1S/C27H27N3O4S/c31-25(22-10-7-17-35-22)28-21-13-11-20(12-14-21)24-23(26(32)29-15-5-2-6-16-29)30(27(33)34-24)18-19-8-3-1-4-9-19/h1,3-4,7-14,17,23-24H,2,5-6,15-16,18H2,(H,28,31)/t23-,24-/m1/s1. The first-order valence-corrected chi connectivity index (χ1v) is 12.7. The van der Waals surface area contributed by atoms with Crippen molar-refractivity contribution in [3.05, 3.63) is 88.1 Å². The molecule has 3 amide bonds. The maximum Gasteiger partial charge on any atom is 0.411 e. The van der Waals surface area contributed by atoms with Crippen LogP contribution in [-0.4, -0.2) is 46.8 Å². The molecule has 2 aliphatic rings. The van der Waals surface area contributed by atoms with E-state index in [0.29, 0.717) is 30.2 Å². The first-order chi connectivity index (χ1) is 17.1. The summed E-state index contributed by atoms with van der Waals surface area (Å²) in [6.45, 7) is 1.70. The topological polar surface area (TPSA) is 79.0 Å². The van der Waals surface area contributed by atoms with Gasteiger partial charge in [0.1, 0.15) is 0 Å². The predicted molar refractivity (Wildman–Crippen MR) is 134 cm³/mol. The quantitative estimate of drug-likeness (QED) is 0.524. The molecule has 0 radical (unpaired) electrons. The van der Waals surface area contributed by atoms with Gasteiger partial charge in [-0.2, -0.15) is 0 Å². The molecular formula is C27H27N3O4S. The van der Waals surface area contributed by atoms with E-state index >= 15 is 0 Å². The predicted octanol–water partition coefficient (Wildman–Crippen LogP) is 5.08.